The molecular formula is C20H29N5O4. The number of nitrogens with zero attached hydrogens (tertiary/aromatic N) is 1. The molecule has 0 aliphatic carbocycles. The van der Waals surface area contributed by atoms with Crippen molar-refractivity contribution in [2.24, 2.45) is 5.73 Å². The van der Waals surface area contributed by atoms with Gasteiger partial charge in [0.2, 0.25) is 23.6 Å². The van der Waals surface area contributed by atoms with Crippen LogP contribution in [0.4, 0.5) is 0 Å². The van der Waals surface area contributed by atoms with Crippen LogP contribution in [0.1, 0.15) is 25.3 Å². The lowest BCUT2D eigenvalue weighted by Gasteiger charge is -2.26. The van der Waals surface area contributed by atoms with Crippen molar-refractivity contribution in [3.8, 4) is 0 Å². The van der Waals surface area contributed by atoms with Crippen LogP contribution in [-0.2, 0) is 25.6 Å². The van der Waals surface area contributed by atoms with Crippen molar-refractivity contribution >= 4 is 23.6 Å². The predicted octanol–water partition coefficient (Wildman–Crippen LogP) is -1.09. The van der Waals surface area contributed by atoms with E-state index in [0.29, 0.717) is 19.4 Å². The minimum atomic E-state index is -0.862. The van der Waals surface area contributed by atoms with Gasteiger partial charge in [-0.1, -0.05) is 30.3 Å². The van der Waals surface area contributed by atoms with E-state index in [1.807, 2.05) is 30.3 Å². The molecule has 9 nitrogen and oxygen atoms in total. The van der Waals surface area contributed by atoms with Gasteiger partial charge in [-0.15, -0.1) is 0 Å². The van der Waals surface area contributed by atoms with Gasteiger partial charge in [-0.05, 0) is 32.4 Å². The van der Waals surface area contributed by atoms with E-state index in [2.05, 4.69) is 16.0 Å². The van der Waals surface area contributed by atoms with Gasteiger partial charge >= 0.3 is 0 Å². The number of nitrogens with two attached hydrogens (primary N) is 1. The second-order valence-electron chi connectivity index (χ2n) is 7.13. The van der Waals surface area contributed by atoms with Crippen molar-refractivity contribution in [3.05, 3.63) is 35.9 Å². The molecule has 1 aromatic rings. The second-order valence-corrected chi connectivity index (χ2v) is 7.13. The van der Waals surface area contributed by atoms with E-state index in [9.17, 15) is 19.2 Å². The minimum Gasteiger partial charge on any atom is -0.368 e. The fraction of sp³-hybridized carbons (Fsp3) is 0.500. The van der Waals surface area contributed by atoms with E-state index in [1.54, 1.807) is 14.0 Å². The Hall–Kier alpha value is -2.94. The Kier molecular flexibility index (Phi) is 8.14. The summed E-state index contributed by atoms with van der Waals surface area (Å²) in [5.74, 6) is -1.67. The zero-order valence-corrected chi connectivity index (χ0v) is 16.8. The average molecular weight is 403 g/mol. The van der Waals surface area contributed by atoms with Crippen molar-refractivity contribution < 1.29 is 19.2 Å². The number of likely N-dealkylation sites (tertiary alicyclic amines) is 1. The van der Waals surface area contributed by atoms with Crippen LogP contribution < -0.4 is 21.7 Å². The van der Waals surface area contributed by atoms with Gasteiger partial charge < -0.3 is 26.6 Å². The lowest BCUT2D eigenvalue weighted by Crippen LogP contribution is -2.54. The van der Waals surface area contributed by atoms with Gasteiger partial charge in [0, 0.05) is 13.0 Å². The highest BCUT2D eigenvalue weighted by Crippen LogP contribution is 2.18. The summed E-state index contributed by atoms with van der Waals surface area (Å²) in [6, 6.07) is 7.28. The molecule has 1 aromatic carbocycles. The first kappa shape index (κ1) is 22.4. The zero-order valence-electron chi connectivity index (χ0n) is 16.8. The third-order valence-corrected chi connectivity index (χ3v) is 5.06. The highest BCUT2D eigenvalue weighted by Gasteiger charge is 2.35. The third kappa shape index (κ3) is 6.28. The largest absolute Gasteiger partial charge is 0.368 e. The number of rotatable bonds is 9. The van der Waals surface area contributed by atoms with Crippen LogP contribution in [0.3, 0.4) is 0 Å². The Balaban J connectivity index is 1.96. The first-order chi connectivity index (χ1) is 13.8. The van der Waals surface area contributed by atoms with Crippen molar-refractivity contribution in [2.45, 2.75) is 44.3 Å². The molecule has 3 atom stereocenters. The molecule has 9 heteroatoms. The number of primary amides is 1. The van der Waals surface area contributed by atoms with Crippen molar-refractivity contribution in [1.29, 1.82) is 0 Å². The number of nitrogens with one attached hydrogen (secondary N) is 3. The molecule has 2 rings (SSSR count). The molecule has 0 saturated carbocycles. The van der Waals surface area contributed by atoms with Gasteiger partial charge in [0.1, 0.15) is 12.1 Å². The molecule has 0 aromatic heterocycles. The number of hydrogen-bond donors (Lipinski definition) is 4. The summed E-state index contributed by atoms with van der Waals surface area (Å²) in [6.07, 6.45) is 1.44. The van der Waals surface area contributed by atoms with Gasteiger partial charge in [-0.3, -0.25) is 19.2 Å². The quantitative estimate of drug-likeness (QED) is 0.416. The number of hydrogen-bond acceptors (Lipinski definition) is 5. The fourth-order valence-electron chi connectivity index (χ4n) is 3.23. The van der Waals surface area contributed by atoms with E-state index in [0.717, 1.165) is 5.56 Å². The number of carbonyl (C=O) groups is 4. The molecule has 1 fully saturated rings. The molecule has 29 heavy (non-hydrogen) atoms. The molecule has 2 unspecified atom stereocenters. The second kappa shape index (κ2) is 10.6. The molecule has 1 saturated heterocycles. The van der Waals surface area contributed by atoms with E-state index >= 15 is 0 Å². The van der Waals surface area contributed by atoms with Crippen LogP contribution in [0.5, 0.6) is 0 Å². The first-order valence-corrected chi connectivity index (χ1v) is 9.71. The van der Waals surface area contributed by atoms with Gasteiger partial charge in [-0.25, -0.2) is 0 Å². The predicted molar refractivity (Wildman–Crippen MR) is 108 cm³/mol. The van der Waals surface area contributed by atoms with Crippen LogP contribution in [0.15, 0.2) is 30.3 Å². The summed E-state index contributed by atoms with van der Waals surface area (Å²) >= 11 is 0. The highest BCUT2D eigenvalue weighted by molar-refractivity contribution is 5.93. The molecule has 1 aliphatic rings. The lowest BCUT2D eigenvalue weighted by atomic mass is 10.0. The van der Waals surface area contributed by atoms with Crippen LogP contribution in [0.25, 0.3) is 0 Å². The monoisotopic (exact) mass is 403 g/mol. The number of likely N-dealkylation sites (N-methyl/N-ethyl adjacent to an activating group) is 1. The SMILES string of the molecule is CN[C@@H](C)C(=O)NCC(=O)N1CCCC1C(=O)NC(Cc1ccccc1)C(N)=O. The molecule has 0 bridgehead atoms. The number of benzene rings is 1. The zero-order chi connectivity index (χ0) is 21.4. The first-order valence-electron chi connectivity index (χ1n) is 9.71. The standard InChI is InChI=1S/C20H29N5O4/c1-13(22-2)19(28)23-12-17(26)25-10-6-9-16(25)20(29)24-15(18(21)27)11-14-7-4-3-5-8-14/h3-5,7-8,13,15-16,22H,6,9-12H2,1-2H3,(H2,21,27)(H,23,28)(H,24,29)/t13-,15?,16?/m0/s1. The summed E-state index contributed by atoms with van der Waals surface area (Å²) in [4.78, 5) is 50.3. The summed E-state index contributed by atoms with van der Waals surface area (Å²) in [5.41, 5.74) is 6.33. The lowest BCUT2D eigenvalue weighted by molar-refractivity contribution is -0.139. The van der Waals surface area contributed by atoms with E-state index < -0.39 is 29.9 Å². The normalized spacial score (nSPS) is 18.0. The maximum absolute atomic E-state index is 12.7. The van der Waals surface area contributed by atoms with Crippen LogP contribution in [0.2, 0.25) is 0 Å². The maximum Gasteiger partial charge on any atom is 0.243 e. The van der Waals surface area contributed by atoms with Crippen LogP contribution >= 0.6 is 0 Å². The summed E-state index contributed by atoms with van der Waals surface area (Å²) in [5, 5.41) is 8.03. The Bertz CT molecular complexity index is 740. The van der Waals surface area contributed by atoms with Gasteiger partial charge in [0.15, 0.2) is 0 Å². The number of carbonyl (C=O) groups excluding carboxylic acids is 4. The molecule has 4 amide bonds. The third-order valence-electron chi connectivity index (χ3n) is 5.06. The molecule has 1 aliphatic heterocycles. The summed E-state index contributed by atoms with van der Waals surface area (Å²) in [7, 11) is 1.65. The molecule has 0 radical (unpaired) electrons. The Morgan fingerprint density at radius 2 is 1.90 bits per heavy atom. The van der Waals surface area contributed by atoms with Crippen molar-refractivity contribution in [3.63, 3.8) is 0 Å². The molecule has 158 valence electrons. The summed E-state index contributed by atoms with van der Waals surface area (Å²) < 4.78 is 0. The smallest absolute Gasteiger partial charge is 0.243 e. The Morgan fingerprint density at radius 1 is 1.21 bits per heavy atom. The van der Waals surface area contributed by atoms with Gasteiger partial charge in [0.05, 0.1) is 12.6 Å². The number of amides is 4. The molecule has 0 spiro atoms. The average Bonchev–Trinajstić information content (AvgIpc) is 3.21. The van der Waals surface area contributed by atoms with Crippen molar-refractivity contribution in [1.82, 2.24) is 20.9 Å². The Morgan fingerprint density at radius 3 is 2.52 bits per heavy atom. The molecular weight excluding hydrogens is 374 g/mol. The highest BCUT2D eigenvalue weighted by atomic mass is 16.2. The maximum atomic E-state index is 12.7. The van der Waals surface area contributed by atoms with Crippen LogP contribution in [-0.4, -0.2) is 66.8 Å². The minimum absolute atomic E-state index is 0.183. The Labute approximate surface area is 170 Å². The fourth-order valence-corrected chi connectivity index (χ4v) is 3.23. The van der Waals surface area contributed by atoms with E-state index in [1.165, 1.54) is 4.90 Å². The molecule has 1 heterocycles. The van der Waals surface area contributed by atoms with Gasteiger partial charge in [0.25, 0.3) is 0 Å². The summed E-state index contributed by atoms with van der Waals surface area (Å²) in [6.45, 7) is 1.93. The topological polar surface area (TPSA) is 134 Å². The van der Waals surface area contributed by atoms with E-state index in [-0.39, 0.29) is 24.8 Å². The van der Waals surface area contributed by atoms with Crippen LogP contribution in [0, 0.1) is 0 Å². The van der Waals surface area contributed by atoms with Crippen molar-refractivity contribution in [2.75, 3.05) is 20.1 Å². The van der Waals surface area contributed by atoms with E-state index in [4.69, 9.17) is 5.73 Å². The van der Waals surface area contributed by atoms with Gasteiger partial charge in [-0.2, -0.15) is 0 Å². The molecule has 5 N–H and O–H groups in total.